The van der Waals surface area contributed by atoms with Gasteiger partial charge in [0.2, 0.25) is 0 Å². The van der Waals surface area contributed by atoms with Crippen LogP contribution in [0.1, 0.15) is 25.6 Å². The highest BCUT2D eigenvalue weighted by atomic mass is 15.3. The van der Waals surface area contributed by atoms with Crippen LogP contribution in [0, 0.1) is 5.92 Å². The Bertz CT molecular complexity index is 605. The molecule has 1 aliphatic heterocycles. The highest BCUT2D eigenvalue weighted by Crippen LogP contribution is 2.21. The largest absolute Gasteiger partial charge is 0.372 e. The number of hydrogen-bond donors (Lipinski definition) is 1. The van der Waals surface area contributed by atoms with Crippen LogP contribution in [0.3, 0.4) is 0 Å². The second-order valence-electron chi connectivity index (χ2n) is 5.73. The van der Waals surface area contributed by atoms with E-state index in [1.807, 2.05) is 20.3 Å². The van der Waals surface area contributed by atoms with Crippen LogP contribution in [0.15, 0.2) is 6.20 Å². The molecule has 0 amide bonds. The van der Waals surface area contributed by atoms with E-state index < -0.39 is 0 Å². The summed E-state index contributed by atoms with van der Waals surface area (Å²) >= 11 is 0. The smallest absolute Gasteiger partial charge is 0.163 e. The van der Waals surface area contributed by atoms with E-state index >= 15 is 0 Å². The molecule has 2 aromatic rings. The third-order valence-electron chi connectivity index (χ3n) is 3.98. The Labute approximate surface area is 119 Å². The molecule has 1 saturated heterocycles. The number of hydrogen-bond acceptors (Lipinski definition) is 5. The highest BCUT2D eigenvalue weighted by Gasteiger charge is 2.18. The van der Waals surface area contributed by atoms with Gasteiger partial charge in [0.05, 0.1) is 18.1 Å². The van der Waals surface area contributed by atoms with Gasteiger partial charge in [-0.25, -0.2) is 9.97 Å². The summed E-state index contributed by atoms with van der Waals surface area (Å²) in [6, 6.07) is 0. The summed E-state index contributed by atoms with van der Waals surface area (Å²) in [6.45, 7) is 5.42. The summed E-state index contributed by atoms with van der Waals surface area (Å²) in [6.07, 6.45) is 4.42. The minimum Gasteiger partial charge on any atom is -0.372 e. The van der Waals surface area contributed by atoms with Gasteiger partial charge in [-0.2, -0.15) is 5.10 Å². The minimum absolute atomic E-state index is 0.771. The van der Waals surface area contributed by atoms with Crippen molar-refractivity contribution in [3.8, 4) is 0 Å². The van der Waals surface area contributed by atoms with Crippen molar-refractivity contribution in [1.82, 2.24) is 24.6 Å². The Morgan fingerprint density at radius 3 is 3.00 bits per heavy atom. The van der Waals surface area contributed by atoms with Crippen molar-refractivity contribution in [3.63, 3.8) is 0 Å². The maximum Gasteiger partial charge on any atom is 0.163 e. The molecule has 0 bridgehead atoms. The zero-order chi connectivity index (χ0) is 14.1. The van der Waals surface area contributed by atoms with E-state index in [-0.39, 0.29) is 0 Å². The Balaban J connectivity index is 1.89. The lowest BCUT2D eigenvalue weighted by molar-refractivity contribution is 0.173. The first-order valence-electron chi connectivity index (χ1n) is 7.26. The van der Waals surface area contributed by atoms with Crippen molar-refractivity contribution in [1.29, 1.82) is 0 Å². The molecule has 3 heterocycles. The maximum absolute atomic E-state index is 4.67. The van der Waals surface area contributed by atoms with Crippen molar-refractivity contribution < 1.29 is 0 Å². The number of likely N-dealkylation sites (tertiary alicyclic amines) is 1. The van der Waals surface area contributed by atoms with Gasteiger partial charge in [0.1, 0.15) is 11.6 Å². The Kier molecular flexibility index (Phi) is 3.56. The average Bonchev–Trinajstić information content (AvgIpc) is 2.80. The van der Waals surface area contributed by atoms with E-state index in [1.54, 1.807) is 4.68 Å². The number of rotatable bonds is 3. The van der Waals surface area contributed by atoms with Crippen molar-refractivity contribution >= 4 is 16.9 Å². The monoisotopic (exact) mass is 274 g/mol. The lowest BCUT2D eigenvalue weighted by Gasteiger charge is -2.30. The van der Waals surface area contributed by atoms with Gasteiger partial charge in [-0.15, -0.1) is 0 Å². The SMILES string of the molecule is CNc1nc(CN2CCCC(C)C2)nc2c1cnn2C. The van der Waals surface area contributed by atoms with E-state index in [9.17, 15) is 0 Å². The summed E-state index contributed by atoms with van der Waals surface area (Å²) in [4.78, 5) is 11.8. The standard InChI is InChI=1S/C14H22N6/c1-10-5-4-6-20(8-10)9-12-17-13(15-2)11-7-16-19(3)14(11)18-12/h7,10H,4-6,8-9H2,1-3H3,(H,15,17,18). The molecule has 108 valence electrons. The van der Waals surface area contributed by atoms with E-state index in [0.29, 0.717) is 0 Å². The molecule has 1 unspecified atom stereocenters. The van der Waals surface area contributed by atoms with Gasteiger partial charge in [0.15, 0.2) is 5.65 Å². The third-order valence-corrected chi connectivity index (χ3v) is 3.98. The maximum atomic E-state index is 4.67. The molecule has 0 aromatic carbocycles. The number of aromatic nitrogens is 4. The molecule has 0 radical (unpaired) electrons. The number of fused-ring (bicyclic) bond motifs is 1. The summed E-state index contributed by atoms with van der Waals surface area (Å²) in [5.74, 6) is 2.51. The molecule has 6 heteroatoms. The van der Waals surface area contributed by atoms with Crippen molar-refractivity contribution in [3.05, 3.63) is 12.0 Å². The quantitative estimate of drug-likeness (QED) is 0.922. The highest BCUT2D eigenvalue weighted by molar-refractivity contribution is 5.86. The zero-order valence-electron chi connectivity index (χ0n) is 12.4. The molecule has 1 atom stereocenters. The van der Waals surface area contributed by atoms with Gasteiger partial charge in [-0.1, -0.05) is 6.92 Å². The van der Waals surface area contributed by atoms with Crippen LogP contribution in [-0.2, 0) is 13.6 Å². The Hall–Kier alpha value is -1.69. The summed E-state index contributed by atoms with van der Waals surface area (Å²) in [5, 5.41) is 8.39. The molecule has 0 aliphatic carbocycles. The van der Waals surface area contributed by atoms with E-state index in [0.717, 1.165) is 48.2 Å². The normalized spacial score (nSPS) is 20.4. The van der Waals surface area contributed by atoms with Crippen LogP contribution in [0.5, 0.6) is 0 Å². The lowest BCUT2D eigenvalue weighted by Crippen LogP contribution is -2.34. The van der Waals surface area contributed by atoms with Gasteiger partial charge in [0, 0.05) is 20.6 Å². The first-order chi connectivity index (χ1) is 9.67. The van der Waals surface area contributed by atoms with Crippen LogP contribution in [0.25, 0.3) is 11.0 Å². The predicted molar refractivity (Wildman–Crippen MR) is 79.5 cm³/mol. The number of nitrogens with one attached hydrogen (secondary N) is 1. The molecular formula is C14H22N6. The molecule has 1 aliphatic rings. The minimum atomic E-state index is 0.771. The predicted octanol–water partition coefficient (Wildman–Crippen LogP) is 1.64. The van der Waals surface area contributed by atoms with Crippen LogP contribution in [-0.4, -0.2) is 44.8 Å². The average molecular weight is 274 g/mol. The fraction of sp³-hybridized carbons (Fsp3) is 0.643. The molecule has 0 spiro atoms. The molecule has 3 rings (SSSR count). The Morgan fingerprint density at radius 1 is 1.40 bits per heavy atom. The molecule has 2 aromatic heterocycles. The molecule has 1 fully saturated rings. The Morgan fingerprint density at radius 2 is 2.25 bits per heavy atom. The van der Waals surface area contributed by atoms with E-state index in [1.165, 1.54) is 12.8 Å². The van der Waals surface area contributed by atoms with Gasteiger partial charge >= 0.3 is 0 Å². The van der Waals surface area contributed by atoms with Gasteiger partial charge < -0.3 is 5.32 Å². The first kappa shape index (κ1) is 13.3. The molecule has 20 heavy (non-hydrogen) atoms. The number of piperidine rings is 1. The van der Waals surface area contributed by atoms with E-state index in [4.69, 9.17) is 0 Å². The summed E-state index contributed by atoms with van der Waals surface area (Å²) < 4.78 is 1.81. The molecule has 1 N–H and O–H groups in total. The number of nitrogens with zero attached hydrogens (tertiary/aromatic N) is 5. The van der Waals surface area contributed by atoms with E-state index in [2.05, 4.69) is 32.2 Å². The topological polar surface area (TPSA) is 58.9 Å². The fourth-order valence-electron chi connectivity index (χ4n) is 2.96. The van der Waals surface area contributed by atoms with Crippen molar-refractivity contribution in [2.75, 3.05) is 25.5 Å². The number of anilines is 1. The summed E-state index contributed by atoms with van der Waals surface area (Å²) in [7, 11) is 3.81. The third kappa shape index (κ3) is 2.47. The van der Waals surface area contributed by atoms with Crippen molar-refractivity contribution in [2.45, 2.75) is 26.3 Å². The van der Waals surface area contributed by atoms with Crippen LogP contribution >= 0.6 is 0 Å². The molecule has 0 saturated carbocycles. The second kappa shape index (κ2) is 5.36. The van der Waals surface area contributed by atoms with Gasteiger partial charge in [-0.3, -0.25) is 9.58 Å². The lowest BCUT2D eigenvalue weighted by atomic mass is 10.0. The van der Waals surface area contributed by atoms with Gasteiger partial charge in [-0.05, 0) is 25.3 Å². The molecule has 6 nitrogen and oxygen atoms in total. The first-order valence-corrected chi connectivity index (χ1v) is 7.26. The second-order valence-corrected chi connectivity index (χ2v) is 5.73. The van der Waals surface area contributed by atoms with Crippen LogP contribution in [0.4, 0.5) is 5.82 Å². The fourth-order valence-corrected chi connectivity index (χ4v) is 2.96. The zero-order valence-corrected chi connectivity index (χ0v) is 12.4. The van der Waals surface area contributed by atoms with Gasteiger partial charge in [0.25, 0.3) is 0 Å². The van der Waals surface area contributed by atoms with Crippen LogP contribution in [0.2, 0.25) is 0 Å². The number of aryl methyl sites for hydroxylation is 1. The summed E-state index contributed by atoms with van der Waals surface area (Å²) in [5.41, 5.74) is 0.893. The van der Waals surface area contributed by atoms with Crippen molar-refractivity contribution in [2.24, 2.45) is 13.0 Å². The molecular weight excluding hydrogens is 252 g/mol. The van der Waals surface area contributed by atoms with Crippen LogP contribution < -0.4 is 5.32 Å².